The van der Waals surface area contributed by atoms with Gasteiger partial charge in [-0.2, -0.15) is 0 Å². The minimum absolute atomic E-state index is 0. The van der Waals surface area contributed by atoms with Crippen LogP contribution in [0, 0.1) is 6.92 Å². The summed E-state index contributed by atoms with van der Waals surface area (Å²) >= 11 is 1.66. The first-order chi connectivity index (χ1) is 11.3. The lowest BCUT2D eigenvalue weighted by Crippen LogP contribution is -1.92. The van der Waals surface area contributed by atoms with Crippen molar-refractivity contribution < 1.29 is 9.47 Å². The summed E-state index contributed by atoms with van der Waals surface area (Å²) in [5, 5.41) is 2.02. The predicted molar refractivity (Wildman–Crippen MR) is 98.5 cm³/mol. The van der Waals surface area contributed by atoms with Gasteiger partial charge in [-0.25, -0.2) is 9.97 Å². The average molecular weight is 357 g/mol. The van der Waals surface area contributed by atoms with Crippen LogP contribution in [0.3, 0.4) is 0 Å². The Morgan fingerprint density at radius 1 is 0.958 bits per heavy atom. The summed E-state index contributed by atoms with van der Waals surface area (Å²) in [4.78, 5) is 9.49. The van der Waals surface area contributed by atoms with E-state index < -0.39 is 0 Å². The molecule has 24 heavy (non-hydrogen) atoms. The summed E-state index contributed by atoms with van der Waals surface area (Å²) in [5.74, 6) is 1.54. The van der Waals surface area contributed by atoms with Crippen molar-refractivity contribution in [1.82, 2.24) is 9.97 Å². The molecule has 120 valence electrons. The Balaban J connectivity index is 0.00000146. The third-order valence-corrected chi connectivity index (χ3v) is 5.08. The number of aryl methyl sites for hydroxylation is 1. The van der Waals surface area contributed by atoms with Gasteiger partial charge in [0.15, 0.2) is 11.5 Å². The minimum atomic E-state index is 0. The van der Waals surface area contributed by atoms with Crippen LogP contribution < -0.4 is 9.47 Å². The first-order valence-electron chi connectivity index (χ1n) is 7.35. The second-order valence-corrected chi connectivity index (χ2v) is 6.56. The Morgan fingerprint density at radius 2 is 1.75 bits per heavy atom. The topological polar surface area (TPSA) is 44.2 Å². The van der Waals surface area contributed by atoms with E-state index in [0.29, 0.717) is 0 Å². The summed E-state index contributed by atoms with van der Waals surface area (Å²) in [6, 6.07) is 14.2. The summed E-state index contributed by atoms with van der Waals surface area (Å²) in [6.07, 6.45) is 0. The van der Waals surface area contributed by atoms with Crippen molar-refractivity contribution in [3.63, 3.8) is 0 Å². The van der Waals surface area contributed by atoms with E-state index in [1.165, 1.54) is 4.70 Å². The van der Waals surface area contributed by atoms with Crippen LogP contribution in [0.1, 0.15) is 5.56 Å². The standard InChI is InChI=1S/C18H12N2O2S.ClH/c1-10-6-14(18-20-12-4-2-3-5-17(12)23-18)19-13-8-16-15(7-11(10)13)21-9-22-16;/h2-8H,9H2,1H3;1H. The van der Waals surface area contributed by atoms with Crippen molar-refractivity contribution in [2.45, 2.75) is 6.92 Å². The molecule has 0 bridgehead atoms. The average Bonchev–Trinajstić information content (AvgIpc) is 3.19. The van der Waals surface area contributed by atoms with Crippen molar-refractivity contribution >= 4 is 44.9 Å². The molecular weight excluding hydrogens is 344 g/mol. The number of aromatic nitrogens is 2. The molecule has 0 fully saturated rings. The summed E-state index contributed by atoms with van der Waals surface area (Å²) in [7, 11) is 0. The van der Waals surface area contributed by atoms with E-state index in [9.17, 15) is 0 Å². The molecule has 0 saturated heterocycles. The number of ether oxygens (including phenoxy) is 2. The second-order valence-electron chi connectivity index (χ2n) is 5.53. The Labute approximate surface area is 148 Å². The van der Waals surface area contributed by atoms with Gasteiger partial charge in [-0.15, -0.1) is 23.7 Å². The highest BCUT2D eigenvalue weighted by atomic mass is 35.5. The van der Waals surface area contributed by atoms with E-state index in [-0.39, 0.29) is 19.2 Å². The number of para-hydroxylation sites is 1. The summed E-state index contributed by atoms with van der Waals surface area (Å²) in [5.41, 5.74) is 3.97. The lowest BCUT2D eigenvalue weighted by Gasteiger charge is -2.06. The van der Waals surface area contributed by atoms with Gasteiger partial charge in [0.1, 0.15) is 5.01 Å². The van der Waals surface area contributed by atoms with Crippen molar-refractivity contribution in [2.75, 3.05) is 6.79 Å². The van der Waals surface area contributed by atoms with E-state index >= 15 is 0 Å². The maximum atomic E-state index is 5.46. The molecule has 0 saturated carbocycles. The molecule has 0 radical (unpaired) electrons. The van der Waals surface area contributed by atoms with E-state index in [1.54, 1.807) is 11.3 Å². The van der Waals surface area contributed by atoms with Gasteiger partial charge in [0.05, 0.1) is 21.4 Å². The molecule has 3 heterocycles. The molecule has 0 spiro atoms. The molecule has 2 aromatic carbocycles. The zero-order chi connectivity index (χ0) is 15.4. The van der Waals surface area contributed by atoms with Crippen molar-refractivity contribution in [3.8, 4) is 22.2 Å². The number of rotatable bonds is 1. The number of benzene rings is 2. The molecule has 0 N–H and O–H groups in total. The number of thiazole rings is 1. The first-order valence-corrected chi connectivity index (χ1v) is 8.16. The summed E-state index contributed by atoms with van der Waals surface area (Å²) in [6.45, 7) is 2.36. The quantitative estimate of drug-likeness (QED) is 0.483. The van der Waals surface area contributed by atoms with E-state index in [4.69, 9.17) is 19.4 Å². The van der Waals surface area contributed by atoms with Crippen LogP contribution >= 0.6 is 23.7 Å². The molecule has 1 aliphatic heterocycles. The fourth-order valence-corrected chi connectivity index (χ4v) is 3.80. The van der Waals surface area contributed by atoms with Gasteiger partial charge >= 0.3 is 0 Å². The summed E-state index contributed by atoms with van der Waals surface area (Å²) < 4.78 is 12.1. The predicted octanol–water partition coefficient (Wildman–Crippen LogP) is 4.97. The van der Waals surface area contributed by atoms with Crippen LogP contribution in [-0.2, 0) is 0 Å². The molecule has 0 unspecified atom stereocenters. The first kappa shape index (κ1) is 15.2. The van der Waals surface area contributed by atoms with E-state index in [2.05, 4.69) is 19.1 Å². The fraction of sp³-hybridized carbons (Fsp3) is 0.111. The van der Waals surface area contributed by atoms with Gasteiger partial charge in [-0.1, -0.05) is 12.1 Å². The van der Waals surface area contributed by atoms with Crippen LogP contribution in [-0.4, -0.2) is 16.8 Å². The molecule has 0 amide bonds. The van der Waals surface area contributed by atoms with Crippen LogP contribution in [0.5, 0.6) is 11.5 Å². The Morgan fingerprint density at radius 3 is 2.58 bits per heavy atom. The van der Waals surface area contributed by atoms with Gasteiger partial charge < -0.3 is 9.47 Å². The van der Waals surface area contributed by atoms with E-state index in [0.717, 1.165) is 44.2 Å². The SMILES string of the molecule is Cc1cc(-c2nc3ccccc3s2)nc2cc3c(cc12)OCO3.Cl. The van der Waals surface area contributed by atoms with Crippen molar-refractivity contribution in [3.05, 3.63) is 48.0 Å². The molecule has 1 aliphatic rings. The highest BCUT2D eigenvalue weighted by Gasteiger charge is 2.17. The molecule has 4 nitrogen and oxygen atoms in total. The maximum absolute atomic E-state index is 5.46. The maximum Gasteiger partial charge on any atom is 0.231 e. The third-order valence-electron chi connectivity index (χ3n) is 4.02. The van der Waals surface area contributed by atoms with Crippen molar-refractivity contribution in [2.24, 2.45) is 0 Å². The Bertz CT molecular complexity index is 1040. The largest absolute Gasteiger partial charge is 0.454 e. The number of halogens is 1. The zero-order valence-corrected chi connectivity index (χ0v) is 14.4. The molecule has 2 aromatic heterocycles. The van der Waals surface area contributed by atoms with Gasteiger partial charge in [0.2, 0.25) is 6.79 Å². The number of fused-ring (bicyclic) bond motifs is 3. The third kappa shape index (κ3) is 2.28. The Hall–Kier alpha value is -2.37. The second kappa shape index (κ2) is 5.61. The molecule has 4 aromatic rings. The van der Waals surface area contributed by atoms with Crippen LogP contribution in [0.4, 0.5) is 0 Å². The minimum Gasteiger partial charge on any atom is -0.454 e. The molecule has 6 heteroatoms. The van der Waals surface area contributed by atoms with Crippen LogP contribution in [0.15, 0.2) is 42.5 Å². The van der Waals surface area contributed by atoms with Gasteiger partial charge in [-0.05, 0) is 36.8 Å². The molecule has 0 aliphatic carbocycles. The number of nitrogens with zero attached hydrogens (tertiary/aromatic N) is 2. The lowest BCUT2D eigenvalue weighted by atomic mass is 10.1. The molecular formula is C18H13ClN2O2S. The van der Waals surface area contributed by atoms with E-state index in [1.807, 2.05) is 30.3 Å². The zero-order valence-electron chi connectivity index (χ0n) is 12.8. The number of hydrogen-bond acceptors (Lipinski definition) is 5. The van der Waals surface area contributed by atoms with Gasteiger partial charge in [0.25, 0.3) is 0 Å². The fourth-order valence-electron chi connectivity index (χ4n) is 2.88. The smallest absolute Gasteiger partial charge is 0.231 e. The number of hydrogen-bond donors (Lipinski definition) is 0. The Kier molecular flexibility index (Phi) is 3.55. The highest BCUT2D eigenvalue weighted by Crippen LogP contribution is 2.38. The monoisotopic (exact) mass is 356 g/mol. The normalized spacial score (nSPS) is 12.5. The van der Waals surface area contributed by atoms with Gasteiger partial charge in [0, 0.05) is 11.5 Å². The highest BCUT2D eigenvalue weighted by molar-refractivity contribution is 7.21. The van der Waals surface area contributed by atoms with Crippen molar-refractivity contribution in [1.29, 1.82) is 0 Å². The van der Waals surface area contributed by atoms with Gasteiger partial charge in [-0.3, -0.25) is 0 Å². The van der Waals surface area contributed by atoms with Crippen LogP contribution in [0.2, 0.25) is 0 Å². The van der Waals surface area contributed by atoms with Crippen LogP contribution in [0.25, 0.3) is 31.8 Å². The molecule has 5 rings (SSSR count). The lowest BCUT2D eigenvalue weighted by molar-refractivity contribution is 0.174. The number of pyridine rings is 1. The molecule has 0 atom stereocenters.